The highest BCUT2D eigenvalue weighted by Gasteiger charge is 2.19. The SMILES string of the molecule is CCCCCCC/C=C\C/C=C\C/C=C\CCCCCCCCC(=O)NC(CO)C(O)CCCCCCCCCCCCCCC. The van der Waals surface area contributed by atoms with Crippen LogP contribution in [0.4, 0.5) is 0 Å². The second-order valence-electron chi connectivity index (χ2n) is 13.7. The maximum atomic E-state index is 12.4. The molecule has 0 saturated heterocycles. The lowest BCUT2D eigenvalue weighted by molar-refractivity contribution is -0.123. The molecule has 0 heterocycles. The van der Waals surface area contributed by atoms with E-state index in [2.05, 4.69) is 55.6 Å². The summed E-state index contributed by atoms with van der Waals surface area (Å²) in [5, 5.41) is 23.1. The topological polar surface area (TPSA) is 69.6 Å². The molecule has 0 aromatic heterocycles. The quantitative estimate of drug-likeness (QED) is 0.0469. The number of aliphatic hydroxyl groups is 2. The van der Waals surface area contributed by atoms with Gasteiger partial charge in [-0.2, -0.15) is 0 Å². The van der Waals surface area contributed by atoms with Gasteiger partial charge in [0, 0.05) is 6.42 Å². The Morgan fingerprint density at radius 3 is 1.33 bits per heavy atom. The fourth-order valence-corrected chi connectivity index (χ4v) is 6.01. The van der Waals surface area contributed by atoms with Crippen LogP contribution in [0.5, 0.6) is 0 Å². The molecule has 2 atom stereocenters. The first-order valence-corrected chi connectivity index (χ1v) is 20.2. The van der Waals surface area contributed by atoms with E-state index in [0.29, 0.717) is 12.8 Å². The van der Waals surface area contributed by atoms with Crippen LogP contribution >= 0.6 is 0 Å². The van der Waals surface area contributed by atoms with Crippen LogP contribution in [0.1, 0.15) is 206 Å². The summed E-state index contributed by atoms with van der Waals surface area (Å²) in [6.07, 6.45) is 49.2. The highest BCUT2D eigenvalue weighted by Crippen LogP contribution is 2.15. The Morgan fingerprint density at radius 2 is 0.891 bits per heavy atom. The van der Waals surface area contributed by atoms with Crippen molar-refractivity contribution in [1.29, 1.82) is 0 Å². The van der Waals surface area contributed by atoms with Gasteiger partial charge in [0.1, 0.15) is 0 Å². The highest BCUT2D eigenvalue weighted by atomic mass is 16.3. The molecule has 46 heavy (non-hydrogen) atoms. The zero-order valence-corrected chi connectivity index (χ0v) is 30.8. The number of rotatable bonds is 36. The summed E-state index contributed by atoms with van der Waals surface area (Å²) in [4.78, 5) is 12.4. The van der Waals surface area contributed by atoms with Gasteiger partial charge in [-0.25, -0.2) is 0 Å². The van der Waals surface area contributed by atoms with Crippen molar-refractivity contribution < 1.29 is 15.0 Å². The van der Waals surface area contributed by atoms with Gasteiger partial charge in [0.05, 0.1) is 18.8 Å². The van der Waals surface area contributed by atoms with Crippen LogP contribution in [0.25, 0.3) is 0 Å². The molecule has 0 aliphatic rings. The maximum absolute atomic E-state index is 12.4. The standard InChI is InChI=1S/C42H79NO3/c1-3-5-7-9-11-13-15-17-18-19-20-21-22-23-24-26-28-30-32-34-36-38-42(46)43-40(39-44)41(45)37-35-33-31-29-27-25-16-14-12-10-8-6-4-2/h15,17,19-20,22-23,40-41,44-45H,3-14,16,18,21,24-39H2,1-2H3,(H,43,46)/b17-15-,20-19-,23-22-. The monoisotopic (exact) mass is 646 g/mol. The van der Waals surface area contributed by atoms with Crippen LogP contribution in [-0.4, -0.2) is 34.9 Å². The third-order valence-electron chi connectivity index (χ3n) is 9.15. The number of hydrogen-bond donors (Lipinski definition) is 3. The molecule has 0 aliphatic carbocycles. The van der Waals surface area contributed by atoms with Gasteiger partial charge in [0.2, 0.25) is 5.91 Å². The van der Waals surface area contributed by atoms with Crippen LogP contribution in [0, 0.1) is 0 Å². The molecule has 0 saturated carbocycles. The number of amides is 1. The van der Waals surface area contributed by atoms with Crippen LogP contribution in [0.3, 0.4) is 0 Å². The molecule has 0 aromatic carbocycles. The van der Waals surface area contributed by atoms with Crippen molar-refractivity contribution in [3.05, 3.63) is 36.5 Å². The van der Waals surface area contributed by atoms with Gasteiger partial charge < -0.3 is 15.5 Å². The summed E-state index contributed by atoms with van der Waals surface area (Å²) in [5.41, 5.74) is 0. The fraction of sp³-hybridized carbons (Fsp3) is 0.833. The van der Waals surface area contributed by atoms with Crippen molar-refractivity contribution in [2.45, 2.75) is 219 Å². The second-order valence-corrected chi connectivity index (χ2v) is 13.7. The predicted molar refractivity (Wildman–Crippen MR) is 202 cm³/mol. The first kappa shape index (κ1) is 44.6. The number of aliphatic hydroxyl groups excluding tert-OH is 2. The Kier molecular flexibility index (Phi) is 36.9. The minimum Gasteiger partial charge on any atom is -0.394 e. The first-order chi connectivity index (χ1) is 22.7. The number of carbonyl (C=O) groups is 1. The van der Waals surface area contributed by atoms with E-state index in [-0.39, 0.29) is 12.5 Å². The average Bonchev–Trinajstić information content (AvgIpc) is 3.06. The van der Waals surface area contributed by atoms with Gasteiger partial charge >= 0.3 is 0 Å². The largest absolute Gasteiger partial charge is 0.394 e. The van der Waals surface area contributed by atoms with E-state index in [0.717, 1.165) is 51.4 Å². The summed E-state index contributed by atoms with van der Waals surface area (Å²) >= 11 is 0. The predicted octanol–water partition coefficient (Wildman–Crippen LogP) is 12.2. The van der Waals surface area contributed by atoms with Crippen molar-refractivity contribution in [3.8, 4) is 0 Å². The van der Waals surface area contributed by atoms with Gasteiger partial charge in [-0.1, -0.05) is 185 Å². The molecular formula is C42H79NO3. The lowest BCUT2D eigenvalue weighted by atomic mass is 10.0. The summed E-state index contributed by atoms with van der Waals surface area (Å²) in [5.74, 6) is -0.0449. The molecule has 1 amide bonds. The van der Waals surface area contributed by atoms with Gasteiger partial charge in [0.25, 0.3) is 0 Å². The normalized spacial score (nSPS) is 13.4. The molecule has 0 aromatic rings. The van der Waals surface area contributed by atoms with E-state index in [4.69, 9.17) is 0 Å². The van der Waals surface area contributed by atoms with Crippen LogP contribution in [0.2, 0.25) is 0 Å². The van der Waals surface area contributed by atoms with Crippen molar-refractivity contribution in [3.63, 3.8) is 0 Å². The highest BCUT2D eigenvalue weighted by molar-refractivity contribution is 5.76. The first-order valence-electron chi connectivity index (χ1n) is 20.2. The molecule has 4 nitrogen and oxygen atoms in total. The number of nitrogens with one attached hydrogen (secondary N) is 1. The fourth-order valence-electron chi connectivity index (χ4n) is 6.01. The van der Waals surface area contributed by atoms with Gasteiger partial charge in [0.15, 0.2) is 0 Å². The van der Waals surface area contributed by atoms with Crippen molar-refractivity contribution in [1.82, 2.24) is 5.32 Å². The molecular weight excluding hydrogens is 566 g/mol. The van der Waals surface area contributed by atoms with Gasteiger partial charge in [-0.05, 0) is 51.4 Å². The maximum Gasteiger partial charge on any atom is 0.220 e. The van der Waals surface area contributed by atoms with E-state index in [1.54, 1.807) is 0 Å². The van der Waals surface area contributed by atoms with Gasteiger partial charge in [-0.15, -0.1) is 0 Å². The average molecular weight is 646 g/mol. The zero-order chi connectivity index (χ0) is 33.6. The van der Waals surface area contributed by atoms with E-state index >= 15 is 0 Å². The summed E-state index contributed by atoms with van der Waals surface area (Å²) in [6.45, 7) is 4.33. The van der Waals surface area contributed by atoms with E-state index in [1.807, 2.05) is 0 Å². The molecule has 0 aliphatic heterocycles. The van der Waals surface area contributed by atoms with Crippen LogP contribution in [-0.2, 0) is 4.79 Å². The molecule has 0 rings (SSSR count). The molecule has 0 fully saturated rings. The lowest BCUT2D eigenvalue weighted by Crippen LogP contribution is -2.45. The Bertz CT molecular complexity index is 701. The third-order valence-corrected chi connectivity index (χ3v) is 9.15. The Morgan fingerprint density at radius 1 is 0.522 bits per heavy atom. The van der Waals surface area contributed by atoms with E-state index in [1.165, 1.54) is 128 Å². The Labute approximate surface area is 287 Å². The minimum absolute atomic E-state index is 0.0449. The summed E-state index contributed by atoms with van der Waals surface area (Å²) < 4.78 is 0. The second kappa shape index (κ2) is 38.1. The van der Waals surface area contributed by atoms with Gasteiger partial charge in [-0.3, -0.25) is 4.79 Å². The number of unbranched alkanes of at least 4 members (excludes halogenated alkanes) is 23. The Balaban J connectivity index is 3.59. The molecule has 2 unspecified atom stereocenters. The molecule has 0 radical (unpaired) electrons. The van der Waals surface area contributed by atoms with Crippen molar-refractivity contribution in [2.24, 2.45) is 0 Å². The third kappa shape index (κ3) is 34.0. The summed E-state index contributed by atoms with van der Waals surface area (Å²) in [6, 6.07) is -0.542. The minimum atomic E-state index is -0.663. The number of allylic oxidation sites excluding steroid dienone is 6. The molecule has 270 valence electrons. The van der Waals surface area contributed by atoms with Crippen LogP contribution < -0.4 is 5.32 Å². The van der Waals surface area contributed by atoms with Crippen molar-refractivity contribution >= 4 is 5.91 Å². The lowest BCUT2D eigenvalue weighted by Gasteiger charge is -2.22. The molecule has 4 heteroatoms. The Hall–Kier alpha value is -1.39. The number of hydrogen-bond acceptors (Lipinski definition) is 3. The van der Waals surface area contributed by atoms with Crippen molar-refractivity contribution in [2.75, 3.05) is 6.61 Å². The molecule has 0 spiro atoms. The van der Waals surface area contributed by atoms with E-state index in [9.17, 15) is 15.0 Å². The smallest absolute Gasteiger partial charge is 0.220 e. The zero-order valence-electron chi connectivity index (χ0n) is 30.8. The van der Waals surface area contributed by atoms with Crippen LogP contribution in [0.15, 0.2) is 36.5 Å². The number of carbonyl (C=O) groups excluding carboxylic acids is 1. The molecule has 0 bridgehead atoms. The van der Waals surface area contributed by atoms with E-state index < -0.39 is 12.1 Å². The molecule has 3 N–H and O–H groups in total. The summed E-state index contributed by atoms with van der Waals surface area (Å²) in [7, 11) is 0.